The number of nitrogens with zero attached hydrogens (tertiary/aromatic N) is 1. The molecule has 1 aliphatic rings. The lowest BCUT2D eigenvalue weighted by molar-refractivity contribution is -0.134. The molecule has 0 bridgehead atoms. The average molecular weight is 419 g/mol. The molecule has 0 aromatic heterocycles. The van der Waals surface area contributed by atoms with Crippen molar-refractivity contribution in [1.29, 1.82) is 0 Å². The summed E-state index contributed by atoms with van der Waals surface area (Å²) < 4.78 is 5.86. The minimum absolute atomic E-state index is 0. The molecule has 2 aromatic rings. The molecule has 3 rings (SSSR count). The smallest absolute Gasteiger partial charge is 0.312 e. The number of carbonyl (C=O) groups excluding carboxylic acids is 2. The van der Waals surface area contributed by atoms with Crippen LogP contribution in [0.3, 0.4) is 0 Å². The maximum atomic E-state index is 12.8. The Morgan fingerprint density at radius 3 is 2.62 bits per heavy atom. The fourth-order valence-electron chi connectivity index (χ4n) is 3.35. The van der Waals surface area contributed by atoms with Crippen LogP contribution >= 0.6 is 12.4 Å². The van der Waals surface area contributed by atoms with Gasteiger partial charge in [-0.1, -0.05) is 30.3 Å². The number of primary amides is 1. The van der Waals surface area contributed by atoms with E-state index in [1.165, 1.54) is 0 Å². The van der Waals surface area contributed by atoms with Crippen LogP contribution in [0.2, 0.25) is 0 Å². The molecule has 0 spiro atoms. The van der Waals surface area contributed by atoms with E-state index in [4.69, 9.17) is 10.5 Å². The van der Waals surface area contributed by atoms with Gasteiger partial charge in [-0.2, -0.15) is 0 Å². The fraction of sp³-hybridized carbons (Fsp3) is 0.333. The van der Waals surface area contributed by atoms with Crippen LogP contribution in [0.1, 0.15) is 24.9 Å². The Bertz CT molecular complexity index is 819. The van der Waals surface area contributed by atoms with E-state index in [0.29, 0.717) is 18.0 Å². The van der Waals surface area contributed by atoms with Gasteiger partial charge in [0.15, 0.2) is 0 Å². The lowest BCUT2D eigenvalue weighted by Crippen LogP contribution is -2.53. The summed E-state index contributed by atoms with van der Waals surface area (Å²) in [5.41, 5.74) is 6.12. The standard InChI is InChI=1S/C21H26N4O3.ClH/c1-15-14-23-10-11-25(15)20(26)13-19(24-21(22)27)16-6-5-9-18(12-16)28-17-7-3-2-4-8-17;/h2-9,12,15,19,23H,10-11,13-14H2,1H3,(H3,22,24,27);1H/t15-,19?;/m0./s1. The van der Waals surface area contributed by atoms with Crippen molar-refractivity contribution in [3.05, 3.63) is 60.2 Å². The number of hydrogen-bond donors (Lipinski definition) is 3. The van der Waals surface area contributed by atoms with Gasteiger partial charge in [0, 0.05) is 25.7 Å². The number of benzene rings is 2. The predicted octanol–water partition coefficient (Wildman–Crippen LogP) is 2.82. The molecule has 2 atom stereocenters. The summed E-state index contributed by atoms with van der Waals surface area (Å²) >= 11 is 0. The molecule has 1 aliphatic heterocycles. The van der Waals surface area contributed by atoms with Crippen molar-refractivity contribution in [1.82, 2.24) is 15.5 Å². The largest absolute Gasteiger partial charge is 0.457 e. The summed E-state index contributed by atoms with van der Waals surface area (Å²) in [6.45, 7) is 4.19. The number of amides is 3. The quantitative estimate of drug-likeness (QED) is 0.672. The van der Waals surface area contributed by atoms with Gasteiger partial charge in [0.1, 0.15) is 11.5 Å². The van der Waals surface area contributed by atoms with E-state index in [1.807, 2.05) is 66.4 Å². The highest BCUT2D eigenvalue weighted by Crippen LogP contribution is 2.26. The van der Waals surface area contributed by atoms with Crippen molar-refractivity contribution in [2.45, 2.75) is 25.4 Å². The van der Waals surface area contributed by atoms with Crippen LogP contribution in [-0.4, -0.2) is 42.5 Å². The van der Waals surface area contributed by atoms with Crippen LogP contribution in [0.15, 0.2) is 54.6 Å². The van der Waals surface area contributed by atoms with Gasteiger partial charge in [-0.25, -0.2) is 4.79 Å². The summed E-state index contributed by atoms with van der Waals surface area (Å²) in [4.78, 5) is 26.2. The Kier molecular flexibility index (Phi) is 8.30. The van der Waals surface area contributed by atoms with E-state index in [9.17, 15) is 9.59 Å². The fourth-order valence-corrected chi connectivity index (χ4v) is 3.35. The minimum atomic E-state index is -0.666. The van der Waals surface area contributed by atoms with Gasteiger partial charge in [-0.05, 0) is 36.8 Å². The van der Waals surface area contributed by atoms with Crippen LogP contribution in [0.4, 0.5) is 4.79 Å². The number of piperazine rings is 1. The topological polar surface area (TPSA) is 96.7 Å². The summed E-state index contributed by atoms with van der Waals surface area (Å²) in [7, 11) is 0. The first kappa shape index (κ1) is 22.5. The second kappa shape index (κ2) is 10.7. The Morgan fingerprint density at radius 1 is 1.21 bits per heavy atom. The predicted molar refractivity (Wildman–Crippen MR) is 114 cm³/mol. The van der Waals surface area contributed by atoms with Gasteiger partial charge in [-0.3, -0.25) is 4.79 Å². The van der Waals surface area contributed by atoms with Crippen molar-refractivity contribution >= 4 is 24.3 Å². The van der Waals surface area contributed by atoms with Crippen LogP contribution < -0.4 is 21.1 Å². The zero-order valence-electron chi connectivity index (χ0n) is 16.3. The first-order chi connectivity index (χ1) is 13.5. The third-order valence-corrected chi connectivity index (χ3v) is 4.76. The van der Waals surface area contributed by atoms with Gasteiger partial charge >= 0.3 is 6.03 Å². The molecule has 7 nitrogen and oxygen atoms in total. The molecule has 156 valence electrons. The van der Waals surface area contributed by atoms with Crippen molar-refractivity contribution in [3.8, 4) is 11.5 Å². The molecule has 1 heterocycles. The van der Waals surface area contributed by atoms with E-state index in [1.54, 1.807) is 0 Å². The van der Waals surface area contributed by atoms with Crippen LogP contribution in [0, 0.1) is 0 Å². The third kappa shape index (κ3) is 6.37. The first-order valence-corrected chi connectivity index (χ1v) is 9.42. The van der Waals surface area contributed by atoms with Gasteiger partial charge in [0.05, 0.1) is 12.5 Å². The average Bonchev–Trinajstić information content (AvgIpc) is 2.68. The molecule has 1 unspecified atom stereocenters. The molecule has 0 aliphatic carbocycles. The molecule has 0 radical (unpaired) electrons. The molecule has 2 aromatic carbocycles. The number of halogens is 1. The molecular weight excluding hydrogens is 392 g/mol. The summed E-state index contributed by atoms with van der Waals surface area (Å²) in [5.74, 6) is 1.33. The SMILES string of the molecule is C[C@H]1CNCCN1C(=O)CC(NC(N)=O)c1cccc(Oc2ccccc2)c1.Cl. The van der Waals surface area contributed by atoms with Crippen molar-refractivity contribution < 1.29 is 14.3 Å². The molecule has 4 N–H and O–H groups in total. The number of ether oxygens (including phenoxy) is 1. The Balaban J connectivity index is 0.00000300. The second-order valence-electron chi connectivity index (χ2n) is 6.89. The van der Waals surface area contributed by atoms with Crippen LogP contribution in [0.5, 0.6) is 11.5 Å². The summed E-state index contributed by atoms with van der Waals surface area (Å²) in [6, 6.07) is 15.7. The van der Waals surface area contributed by atoms with Crippen molar-refractivity contribution in [2.75, 3.05) is 19.6 Å². The number of hydrogen-bond acceptors (Lipinski definition) is 4. The molecule has 0 saturated carbocycles. The lowest BCUT2D eigenvalue weighted by Gasteiger charge is -2.35. The van der Waals surface area contributed by atoms with E-state index < -0.39 is 12.1 Å². The number of urea groups is 1. The van der Waals surface area contributed by atoms with E-state index in [0.717, 1.165) is 18.7 Å². The Hall–Kier alpha value is -2.77. The molecular formula is C21H27ClN4O3. The number of carbonyl (C=O) groups is 2. The van der Waals surface area contributed by atoms with Crippen LogP contribution in [-0.2, 0) is 4.79 Å². The molecule has 1 saturated heterocycles. The second-order valence-corrected chi connectivity index (χ2v) is 6.89. The normalized spacial score (nSPS) is 17.0. The molecule has 8 heteroatoms. The monoisotopic (exact) mass is 418 g/mol. The van der Waals surface area contributed by atoms with Gasteiger partial charge in [0.25, 0.3) is 0 Å². The maximum Gasteiger partial charge on any atom is 0.312 e. The highest BCUT2D eigenvalue weighted by Gasteiger charge is 2.26. The van der Waals surface area contributed by atoms with E-state index >= 15 is 0 Å². The lowest BCUT2D eigenvalue weighted by atomic mass is 10.0. The van der Waals surface area contributed by atoms with E-state index in [-0.39, 0.29) is 30.8 Å². The maximum absolute atomic E-state index is 12.8. The minimum Gasteiger partial charge on any atom is -0.457 e. The number of nitrogens with one attached hydrogen (secondary N) is 2. The highest BCUT2D eigenvalue weighted by atomic mass is 35.5. The zero-order chi connectivity index (χ0) is 19.9. The Morgan fingerprint density at radius 2 is 1.93 bits per heavy atom. The van der Waals surface area contributed by atoms with E-state index in [2.05, 4.69) is 10.6 Å². The molecule has 29 heavy (non-hydrogen) atoms. The summed E-state index contributed by atoms with van der Waals surface area (Å²) in [5, 5.41) is 5.96. The number of rotatable bonds is 6. The van der Waals surface area contributed by atoms with Gasteiger partial charge in [0.2, 0.25) is 5.91 Å². The van der Waals surface area contributed by atoms with Gasteiger partial charge in [-0.15, -0.1) is 12.4 Å². The first-order valence-electron chi connectivity index (χ1n) is 9.42. The van der Waals surface area contributed by atoms with Crippen LogP contribution in [0.25, 0.3) is 0 Å². The third-order valence-electron chi connectivity index (χ3n) is 4.76. The molecule has 3 amide bonds. The number of para-hydroxylation sites is 1. The molecule has 1 fully saturated rings. The highest BCUT2D eigenvalue weighted by molar-refractivity contribution is 5.85. The van der Waals surface area contributed by atoms with Crippen molar-refractivity contribution in [3.63, 3.8) is 0 Å². The van der Waals surface area contributed by atoms with Gasteiger partial charge < -0.3 is 26.0 Å². The Labute approximate surface area is 177 Å². The van der Waals surface area contributed by atoms with Crippen molar-refractivity contribution in [2.24, 2.45) is 5.73 Å². The zero-order valence-corrected chi connectivity index (χ0v) is 17.2. The summed E-state index contributed by atoms with van der Waals surface area (Å²) in [6.07, 6.45) is 0.141. The number of nitrogens with two attached hydrogens (primary N) is 1.